The van der Waals surface area contributed by atoms with Crippen LogP contribution in [0, 0.1) is 0 Å². The van der Waals surface area contributed by atoms with Crippen molar-refractivity contribution in [3.8, 4) is 10.4 Å². The van der Waals surface area contributed by atoms with Crippen LogP contribution in [-0.2, 0) is 4.74 Å². The number of ether oxygens (including phenoxy) is 1. The molecule has 4 rings (SSSR count). The van der Waals surface area contributed by atoms with Crippen LogP contribution in [0.4, 0.5) is 20.4 Å². The number of nitrogens with one attached hydrogen (secondary N) is 2. The van der Waals surface area contributed by atoms with Crippen LogP contribution in [0.25, 0.3) is 10.4 Å². The molecule has 1 unspecified atom stereocenters. The van der Waals surface area contributed by atoms with Gasteiger partial charge in [0.25, 0.3) is 0 Å². The first kappa shape index (κ1) is 23.1. The number of amides is 4. The molecule has 0 aliphatic carbocycles. The van der Waals surface area contributed by atoms with E-state index in [4.69, 9.17) is 10.5 Å². The molecule has 0 spiro atoms. The Bertz CT molecular complexity index is 1160. The fourth-order valence-electron chi connectivity index (χ4n) is 3.52. The Morgan fingerprint density at radius 2 is 1.91 bits per heavy atom. The lowest BCUT2D eigenvalue weighted by Crippen LogP contribution is -2.41. The number of hydrogen-bond donors (Lipinski definition) is 3. The number of carbonyl (C=O) groups excluding carboxylic acids is 3. The second-order valence-corrected chi connectivity index (χ2v) is 8.62. The molecule has 1 aliphatic heterocycles. The van der Waals surface area contributed by atoms with Crippen LogP contribution in [0.3, 0.4) is 0 Å². The van der Waals surface area contributed by atoms with Gasteiger partial charge in [-0.1, -0.05) is 0 Å². The van der Waals surface area contributed by atoms with E-state index in [-0.39, 0.29) is 17.9 Å². The number of nitrogens with zero attached hydrogens (tertiary/aromatic N) is 4. The molecule has 4 N–H and O–H groups in total. The highest BCUT2D eigenvalue weighted by molar-refractivity contribution is 7.20. The molecule has 1 aliphatic rings. The molecule has 4 heterocycles. The third-order valence-electron chi connectivity index (χ3n) is 5.16. The van der Waals surface area contributed by atoms with Gasteiger partial charge in [0, 0.05) is 36.2 Å². The van der Waals surface area contributed by atoms with E-state index in [1.807, 2.05) is 0 Å². The van der Waals surface area contributed by atoms with Gasteiger partial charge < -0.3 is 15.4 Å². The number of nitrogens with two attached hydrogens (primary N) is 1. The molecular formula is C22H23N7O4S. The zero-order chi connectivity index (χ0) is 23.9. The lowest BCUT2D eigenvalue weighted by Gasteiger charge is -2.22. The van der Waals surface area contributed by atoms with Gasteiger partial charge in [0.05, 0.1) is 18.3 Å². The van der Waals surface area contributed by atoms with Crippen molar-refractivity contribution in [2.45, 2.75) is 25.4 Å². The van der Waals surface area contributed by atoms with Gasteiger partial charge in [0.2, 0.25) is 0 Å². The van der Waals surface area contributed by atoms with E-state index in [9.17, 15) is 14.4 Å². The van der Waals surface area contributed by atoms with Crippen LogP contribution in [0.15, 0.2) is 49.2 Å². The number of anilines is 2. The zero-order valence-corrected chi connectivity index (χ0v) is 19.0. The van der Waals surface area contributed by atoms with E-state index in [1.54, 1.807) is 30.6 Å². The Kier molecular flexibility index (Phi) is 7.28. The summed E-state index contributed by atoms with van der Waals surface area (Å²) >= 11 is 1.23. The number of likely N-dealkylation sites (tertiary alicyclic amines) is 1. The van der Waals surface area contributed by atoms with Gasteiger partial charge in [-0.2, -0.15) is 0 Å². The van der Waals surface area contributed by atoms with E-state index in [0.717, 1.165) is 23.3 Å². The normalized spacial score (nSPS) is 15.8. The predicted octanol–water partition coefficient (Wildman–Crippen LogP) is 3.33. The lowest BCUT2D eigenvalue weighted by atomic mass is 10.1. The van der Waals surface area contributed by atoms with Crippen molar-refractivity contribution < 1.29 is 19.1 Å². The van der Waals surface area contributed by atoms with Crippen molar-refractivity contribution in [1.29, 1.82) is 0 Å². The van der Waals surface area contributed by atoms with E-state index in [0.29, 0.717) is 18.0 Å². The standard InChI is InChI=1S/C22H23N7O4S/c23-21(31)29-10-2-1-3-15(13-29)33-20(30)16-11-17(14-4-6-24-7-5-14)34-19(16)28-22(32)27-18-12-25-8-9-26-18/h4-9,11-12,15H,1-3,10,13H2,(H2,23,31)(H2,26,27,28,32). The molecule has 176 valence electrons. The minimum Gasteiger partial charge on any atom is -0.457 e. The molecule has 11 nitrogen and oxygen atoms in total. The highest BCUT2D eigenvalue weighted by Crippen LogP contribution is 2.36. The smallest absolute Gasteiger partial charge is 0.341 e. The van der Waals surface area contributed by atoms with Crippen LogP contribution in [0.2, 0.25) is 0 Å². The summed E-state index contributed by atoms with van der Waals surface area (Å²) < 4.78 is 5.74. The largest absolute Gasteiger partial charge is 0.457 e. The second-order valence-electron chi connectivity index (χ2n) is 7.57. The van der Waals surface area contributed by atoms with Gasteiger partial charge in [0.1, 0.15) is 11.1 Å². The predicted molar refractivity (Wildman–Crippen MR) is 126 cm³/mol. The Morgan fingerprint density at radius 1 is 1.09 bits per heavy atom. The minimum atomic E-state index is -0.595. The van der Waals surface area contributed by atoms with E-state index in [1.165, 1.54) is 34.8 Å². The van der Waals surface area contributed by atoms with Crippen molar-refractivity contribution in [2.24, 2.45) is 5.73 Å². The average Bonchev–Trinajstić information content (AvgIpc) is 3.10. The molecule has 1 saturated heterocycles. The monoisotopic (exact) mass is 481 g/mol. The van der Waals surface area contributed by atoms with Crippen molar-refractivity contribution in [3.05, 3.63) is 54.7 Å². The second kappa shape index (κ2) is 10.7. The Balaban J connectivity index is 1.55. The molecule has 0 radical (unpaired) electrons. The van der Waals surface area contributed by atoms with Gasteiger partial charge in [-0.25, -0.2) is 19.4 Å². The third-order valence-corrected chi connectivity index (χ3v) is 6.26. The fraction of sp³-hybridized carbons (Fsp3) is 0.273. The van der Waals surface area contributed by atoms with Crippen molar-refractivity contribution in [1.82, 2.24) is 19.9 Å². The van der Waals surface area contributed by atoms with Crippen LogP contribution < -0.4 is 16.4 Å². The number of thiophene rings is 1. The number of esters is 1. The maximum atomic E-state index is 13.2. The Labute approximate surface area is 199 Å². The summed E-state index contributed by atoms with van der Waals surface area (Å²) in [4.78, 5) is 51.5. The molecular weight excluding hydrogens is 458 g/mol. The van der Waals surface area contributed by atoms with Crippen molar-refractivity contribution in [3.63, 3.8) is 0 Å². The first-order chi connectivity index (χ1) is 16.5. The number of primary amides is 1. The first-order valence-corrected chi connectivity index (χ1v) is 11.4. The molecule has 3 aromatic rings. The average molecular weight is 482 g/mol. The zero-order valence-electron chi connectivity index (χ0n) is 18.1. The van der Waals surface area contributed by atoms with Gasteiger partial charge in [-0.15, -0.1) is 11.3 Å². The molecule has 34 heavy (non-hydrogen) atoms. The third kappa shape index (κ3) is 5.84. The highest BCUT2D eigenvalue weighted by Gasteiger charge is 2.27. The van der Waals surface area contributed by atoms with Gasteiger partial charge in [-0.3, -0.25) is 20.6 Å². The number of rotatable bonds is 5. The number of carbonyl (C=O) groups is 3. The molecule has 12 heteroatoms. The van der Waals surface area contributed by atoms with Crippen LogP contribution >= 0.6 is 11.3 Å². The quantitative estimate of drug-likeness (QED) is 0.473. The highest BCUT2D eigenvalue weighted by atomic mass is 32.1. The summed E-state index contributed by atoms with van der Waals surface area (Å²) in [7, 11) is 0. The lowest BCUT2D eigenvalue weighted by molar-refractivity contribution is 0.0242. The van der Waals surface area contributed by atoms with Crippen LogP contribution in [0.5, 0.6) is 0 Å². The van der Waals surface area contributed by atoms with Gasteiger partial charge in [0.15, 0.2) is 5.82 Å². The molecule has 1 atom stereocenters. The summed E-state index contributed by atoms with van der Waals surface area (Å²) in [6.45, 7) is 0.766. The SMILES string of the molecule is NC(=O)N1CCCCC(OC(=O)c2cc(-c3ccncc3)sc2NC(=O)Nc2cnccn2)C1. The maximum Gasteiger partial charge on any atom is 0.341 e. The first-order valence-electron chi connectivity index (χ1n) is 10.6. The molecule has 0 aromatic carbocycles. The molecule has 0 saturated carbocycles. The summed E-state index contributed by atoms with van der Waals surface area (Å²) in [5, 5.41) is 5.60. The number of pyridine rings is 1. The van der Waals surface area contributed by atoms with Crippen LogP contribution in [-0.4, -0.2) is 57.1 Å². The molecule has 0 bridgehead atoms. The molecule has 1 fully saturated rings. The summed E-state index contributed by atoms with van der Waals surface area (Å²) in [6.07, 6.45) is 9.35. The Hall–Kier alpha value is -4.06. The van der Waals surface area contributed by atoms with E-state index >= 15 is 0 Å². The van der Waals surface area contributed by atoms with E-state index < -0.39 is 24.1 Å². The number of aromatic nitrogens is 3. The van der Waals surface area contributed by atoms with Crippen molar-refractivity contribution in [2.75, 3.05) is 23.7 Å². The maximum absolute atomic E-state index is 13.2. The number of hydrogen-bond acceptors (Lipinski definition) is 8. The molecule has 3 aromatic heterocycles. The van der Waals surface area contributed by atoms with Gasteiger partial charge in [-0.05, 0) is 43.0 Å². The minimum absolute atomic E-state index is 0.209. The molecule has 4 amide bonds. The number of urea groups is 2. The Morgan fingerprint density at radius 3 is 2.65 bits per heavy atom. The summed E-state index contributed by atoms with van der Waals surface area (Å²) in [5.74, 6) is -0.331. The van der Waals surface area contributed by atoms with E-state index in [2.05, 4.69) is 25.6 Å². The van der Waals surface area contributed by atoms with Crippen LogP contribution in [0.1, 0.15) is 29.6 Å². The van der Waals surface area contributed by atoms with Crippen molar-refractivity contribution >= 4 is 40.2 Å². The summed E-state index contributed by atoms with van der Waals surface area (Å²) in [6, 6.07) is 4.16. The summed E-state index contributed by atoms with van der Waals surface area (Å²) in [5.41, 5.74) is 6.48. The van der Waals surface area contributed by atoms with Gasteiger partial charge >= 0.3 is 18.0 Å². The fourth-order valence-corrected chi connectivity index (χ4v) is 4.57. The topological polar surface area (TPSA) is 152 Å².